The van der Waals surface area contributed by atoms with Crippen LogP contribution in [-0.4, -0.2) is 0 Å². The Bertz CT molecular complexity index is 256. The first kappa shape index (κ1) is 8.32. The van der Waals surface area contributed by atoms with Gasteiger partial charge in [-0.1, -0.05) is 6.07 Å². The van der Waals surface area contributed by atoms with E-state index in [-0.39, 0.29) is 0 Å². The fraction of sp³-hybridized carbons (Fsp3) is 0.364. The minimum atomic E-state index is 1.19. The molecule has 0 saturated carbocycles. The molecule has 0 saturated heterocycles. The largest absolute Gasteiger partial charge is 0.0558 e. The molecule has 0 aliphatic rings. The van der Waals surface area contributed by atoms with E-state index in [9.17, 15) is 0 Å². The van der Waals surface area contributed by atoms with Gasteiger partial charge in [0.05, 0.1) is 0 Å². The van der Waals surface area contributed by atoms with Gasteiger partial charge in [-0.15, -0.1) is 0 Å². The maximum atomic E-state index is 4.02. The molecule has 0 nitrogen and oxygen atoms in total. The second kappa shape index (κ2) is 2.69. The van der Waals surface area contributed by atoms with Gasteiger partial charge >= 0.3 is 0 Å². The SMILES string of the molecule is [CH2]c1c(C)cc(C)c(C)c1C. The molecule has 1 rings (SSSR count). The van der Waals surface area contributed by atoms with Gasteiger partial charge in [-0.3, -0.25) is 0 Å². The van der Waals surface area contributed by atoms with Gasteiger partial charge in [0, 0.05) is 0 Å². The average Bonchev–Trinajstić information content (AvgIpc) is 1.97. The van der Waals surface area contributed by atoms with E-state index < -0.39 is 0 Å². The quantitative estimate of drug-likeness (QED) is 0.529. The first-order valence-electron chi connectivity index (χ1n) is 3.93. The highest BCUT2D eigenvalue weighted by Crippen LogP contribution is 2.19. The zero-order chi connectivity index (χ0) is 8.59. The molecule has 1 radical (unpaired) electrons. The van der Waals surface area contributed by atoms with Crippen molar-refractivity contribution in [3.63, 3.8) is 0 Å². The maximum absolute atomic E-state index is 4.02. The monoisotopic (exact) mass is 147 g/mol. The second-order valence-corrected chi connectivity index (χ2v) is 3.24. The fourth-order valence-corrected chi connectivity index (χ4v) is 1.34. The summed E-state index contributed by atoms with van der Waals surface area (Å²) >= 11 is 0. The van der Waals surface area contributed by atoms with Crippen LogP contribution in [0.3, 0.4) is 0 Å². The summed E-state index contributed by atoms with van der Waals surface area (Å²) < 4.78 is 0. The Balaban J connectivity index is 3.46. The molecule has 59 valence electrons. The fourth-order valence-electron chi connectivity index (χ4n) is 1.34. The van der Waals surface area contributed by atoms with Gasteiger partial charge in [0.25, 0.3) is 0 Å². The van der Waals surface area contributed by atoms with Gasteiger partial charge in [-0.25, -0.2) is 0 Å². The number of hydrogen-bond donors (Lipinski definition) is 0. The first-order chi connectivity index (χ1) is 5.04. The summed E-state index contributed by atoms with van der Waals surface area (Å²) in [6.45, 7) is 12.6. The Morgan fingerprint density at radius 3 is 2.00 bits per heavy atom. The van der Waals surface area contributed by atoms with Crippen molar-refractivity contribution in [3.8, 4) is 0 Å². The van der Waals surface area contributed by atoms with Crippen LogP contribution in [-0.2, 0) is 0 Å². The van der Waals surface area contributed by atoms with Gasteiger partial charge in [-0.2, -0.15) is 0 Å². The lowest BCUT2D eigenvalue weighted by Crippen LogP contribution is -1.93. The van der Waals surface area contributed by atoms with Crippen LogP contribution in [0, 0.1) is 34.6 Å². The minimum Gasteiger partial charge on any atom is -0.0558 e. The van der Waals surface area contributed by atoms with Gasteiger partial charge < -0.3 is 0 Å². The predicted octanol–water partition coefficient (Wildman–Crippen LogP) is 3.10. The molecule has 0 bridgehead atoms. The Morgan fingerprint density at radius 2 is 1.45 bits per heavy atom. The number of benzene rings is 1. The Hall–Kier alpha value is -0.780. The first-order valence-corrected chi connectivity index (χ1v) is 3.93. The Kier molecular flexibility index (Phi) is 2.03. The van der Waals surface area contributed by atoms with E-state index in [1.807, 2.05) is 0 Å². The molecule has 0 spiro atoms. The highest BCUT2D eigenvalue weighted by molar-refractivity contribution is 5.45. The van der Waals surface area contributed by atoms with Gasteiger partial charge in [0.2, 0.25) is 0 Å². The van der Waals surface area contributed by atoms with Crippen molar-refractivity contribution in [2.75, 3.05) is 0 Å². The molecule has 0 heterocycles. The summed E-state index contributed by atoms with van der Waals surface area (Å²) in [5.74, 6) is 0. The molecule has 0 amide bonds. The van der Waals surface area contributed by atoms with Crippen LogP contribution in [0.2, 0.25) is 0 Å². The van der Waals surface area contributed by atoms with Gasteiger partial charge in [-0.05, 0) is 62.4 Å². The third kappa shape index (κ3) is 1.30. The van der Waals surface area contributed by atoms with Crippen molar-refractivity contribution in [1.29, 1.82) is 0 Å². The van der Waals surface area contributed by atoms with Crippen molar-refractivity contribution < 1.29 is 0 Å². The molecule has 0 aliphatic heterocycles. The predicted molar refractivity (Wildman–Crippen MR) is 49.8 cm³/mol. The summed E-state index contributed by atoms with van der Waals surface area (Å²) in [7, 11) is 0. The molecule has 0 aliphatic carbocycles. The molecule has 1 aromatic carbocycles. The van der Waals surface area contributed by atoms with Crippen LogP contribution in [0.25, 0.3) is 0 Å². The second-order valence-electron chi connectivity index (χ2n) is 3.24. The molecule has 0 aromatic heterocycles. The molecular weight excluding hydrogens is 132 g/mol. The highest BCUT2D eigenvalue weighted by atomic mass is 14.1. The van der Waals surface area contributed by atoms with E-state index in [4.69, 9.17) is 0 Å². The van der Waals surface area contributed by atoms with Crippen molar-refractivity contribution in [3.05, 3.63) is 40.8 Å². The lowest BCUT2D eigenvalue weighted by molar-refractivity contribution is 1.21. The lowest BCUT2D eigenvalue weighted by Gasteiger charge is -2.10. The van der Waals surface area contributed by atoms with E-state index in [0.29, 0.717) is 0 Å². The molecule has 0 atom stereocenters. The lowest BCUT2D eigenvalue weighted by atomic mass is 9.96. The Morgan fingerprint density at radius 1 is 0.909 bits per heavy atom. The standard InChI is InChI=1S/C11H15/c1-7-6-8(2)10(4)11(5)9(7)3/h6H,3H2,1-2,4-5H3. The third-order valence-electron chi connectivity index (χ3n) is 2.52. The molecule has 0 fully saturated rings. The summed E-state index contributed by atoms with van der Waals surface area (Å²) in [6.07, 6.45) is 0. The Labute approximate surface area is 69.3 Å². The summed E-state index contributed by atoms with van der Waals surface area (Å²) in [4.78, 5) is 0. The van der Waals surface area contributed by atoms with E-state index in [1.54, 1.807) is 0 Å². The van der Waals surface area contributed by atoms with Crippen LogP contribution in [0.15, 0.2) is 6.07 Å². The summed E-state index contributed by atoms with van der Waals surface area (Å²) in [5.41, 5.74) is 6.56. The maximum Gasteiger partial charge on any atom is -0.0233 e. The number of rotatable bonds is 0. The van der Waals surface area contributed by atoms with Crippen molar-refractivity contribution >= 4 is 0 Å². The van der Waals surface area contributed by atoms with Crippen LogP contribution in [0.1, 0.15) is 27.8 Å². The highest BCUT2D eigenvalue weighted by Gasteiger charge is 2.02. The number of aryl methyl sites for hydroxylation is 2. The molecule has 1 aromatic rings. The van der Waals surface area contributed by atoms with Crippen LogP contribution < -0.4 is 0 Å². The van der Waals surface area contributed by atoms with Crippen LogP contribution in [0.5, 0.6) is 0 Å². The van der Waals surface area contributed by atoms with Crippen molar-refractivity contribution in [2.24, 2.45) is 0 Å². The average molecular weight is 147 g/mol. The zero-order valence-corrected chi connectivity index (χ0v) is 7.78. The van der Waals surface area contributed by atoms with E-state index >= 15 is 0 Å². The molecular formula is C11H15. The molecule has 0 N–H and O–H groups in total. The molecule has 0 unspecified atom stereocenters. The van der Waals surface area contributed by atoms with E-state index in [2.05, 4.69) is 40.7 Å². The third-order valence-corrected chi connectivity index (χ3v) is 2.52. The smallest absolute Gasteiger partial charge is 0.0233 e. The van der Waals surface area contributed by atoms with Crippen LogP contribution >= 0.6 is 0 Å². The summed E-state index contributed by atoms with van der Waals surface area (Å²) in [5, 5.41) is 0. The van der Waals surface area contributed by atoms with Gasteiger partial charge in [0.1, 0.15) is 0 Å². The van der Waals surface area contributed by atoms with Crippen molar-refractivity contribution in [1.82, 2.24) is 0 Å². The van der Waals surface area contributed by atoms with Crippen LogP contribution in [0.4, 0.5) is 0 Å². The normalized spacial score (nSPS) is 10.3. The topological polar surface area (TPSA) is 0 Å². The molecule has 0 heteroatoms. The minimum absolute atomic E-state index is 1.19. The van der Waals surface area contributed by atoms with Crippen molar-refractivity contribution in [2.45, 2.75) is 27.7 Å². The summed E-state index contributed by atoms with van der Waals surface area (Å²) in [6, 6.07) is 2.20. The number of hydrogen-bond acceptors (Lipinski definition) is 0. The molecule has 11 heavy (non-hydrogen) atoms. The van der Waals surface area contributed by atoms with Gasteiger partial charge in [0.15, 0.2) is 0 Å². The van der Waals surface area contributed by atoms with E-state index in [1.165, 1.54) is 27.8 Å². The zero-order valence-electron chi connectivity index (χ0n) is 7.78. The van der Waals surface area contributed by atoms with E-state index in [0.717, 1.165) is 0 Å².